The van der Waals surface area contributed by atoms with E-state index in [1.807, 2.05) is 66.2 Å². The Labute approximate surface area is 169 Å². The van der Waals surface area contributed by atoms with Gasteiger partial charge in [-0.05, 0) is 35.9 Å². The van der Waals surface area contributed by atoms with E-state index >= 15 is 0 Å². The van der Waals surface area contributed by atoms with Crippen LogP contribution < -0.4 is 5.32 Å². The minimum atomic E-state index is 0.00117. The molecule has 1 aromatic carbocycles. The molecule has 0 aliphatic rings. The first-order valence-corrected chi connectivity index (χ1v) is 11.2. The number of nitrogens with zero attached hydrogens (tertiary/aromatic N) is 2. The molecule has 0 aliphatic carbocycles. The Kier molecular flexibility index (Phi) is 5.52. The third-order valence-corrected chi connectivity index (χ3v) is 6.91. The molecule has 0 aliphatic heterocycles. The van der Waals surface area contributed by atoms with Crippen molar-refractivity contribution in [2.75, 3.05) is 5.75 Å². The van der Waals surface area contributed by atoms with Crippen LogP contribution in [0.2, 0.25) is 0 Å². The van der Waals surface area contributed by atoms with E-state index in [4.69, 9.17) is 4.98 Å². The van der Waals surface area contributed by atoms with E-state index in [1.165, 1.54) is 11.8 Å². The number of carbonyl (C=O) groups is 1. The molecule has 7 heteroatoms. The van der Waals surface area contributed by atoms with Crippen molar-refractivity contribution >= 4 is 51.2 Å². The van der Waals surface area contributed by atoms with Gasteiger partial charge in [0.25, 0.3) is 0 Å². The third-order valence-electron chi connectivity index (χ3n) is 4.00. The molecule has 0 bridgehead atoms. The molecule has 3 aromatic heterocycles. The van der Waals surface area contributed by atoms with Gasteiger partial charge in [-0.1, -0.05) is 42.1 Å². The summed E-state index contributed by atoms with van der Waals surface area (Å²) in [6, 6.07) is 16.0. The Morgan fingerprint density at radius 3 is 2.67 bits per heavy atom. The number of hydrogen-bond donors (Lipinski definition) is 1. The summed E-state index contributed by atoms with van der Waals surface area (Å²) in [5.41, 5.74) is 0.894. The average molecular weight is 412 g/mol. The van der Waals surface area contributed by atoms with Crippen molar-refractivity contribution in [3.05, 3.63) is 64.2 Å². The number of rotatable bonds is 6. The molecule has 27 heavy (non-hydrogen) atoms. The van der Waals surface area contributed by atoms with Gasteiger partial charge in [0.2, 0.25) is 5.91 Å². The maximum absolute atomic E-state index is 12.4. The Morgan fingerprint density at radius 1 is 1.07 bits per heavy atom. The maximum atomic E-state index is 12.4. The second kappa shape index (κ2) is 8.21. The van der Waals surface area contributed by atoms with Gasteiger partial charge in [-0.3, -0.25) is 4.79 Å². The molecule has 0 radical (unpaired) electrons. The Bertz CT molecular complexity index is 1050. The van der Waals surface area contributed by atoms with Crippen molar-refractivity contribution in [2.24, 2.45) is 0 Å². The number of hydrogen-bond acceptors (Lipinski definition) is 6. The summed E-state index contributed by atoms with van der Waals surface area (Å²) in [5, 5.41) is 8.90. The van der Waals surface area contributed by atoms with Gasteiger partial charge in [0.05, 0.1) is 22.2 Å². The number of thiophene rings is 2. The van der Waals surface area contributed by atoms with E-state index in [9.17, 15) is 4.79 Å². The minimum absolute atomic E-state index is 0.00117. The number of fused-ring (bicyclic) bond motifs is 1. The highest BCUT2D eigenvalue weighted by Gasteiger charge is 2.14. The van der Waals surface area contributed by atoms with E-state index in [1.54, 1.807) is 22.7 Å². The smallest absolute Gasteiger partial charge is 0.230 e. The summed E-state index contributed by atoms with van der Waals surface area (Å²) in [6.07, 6.45) is 0. The first kappa shape index (κ1) is 18.2. The lowest BCUT2D eigenvalue weighted by molar-refractivity contribution is -0.119. The first-order valence-electron chi connectivity index (χ1n) is 8.47. The van der Waals surface area contributed by atoms with Crippen molar-refractivity contribution in [1.82, 2.24) is 15.3 Å². The molecule has 1 amide bonds. The molecule has 0 saturated carbocycles. The summed E-state index contributed by atoms with van der Waals surface area (Å²) in [6.45, 7) is 2.00. The molecule has 1 atom stereocenters. The van der Waals surface area contributed by atoms with Crippen LogP contribution in [-0.4, -0.2) is 21.6 Å². The molecule has 4 aromatic rings. The van der Waals surface area contributed by atoms with Crippen molar-refractivity contribution in [3.8, 4) is 10.7 Å². The fraction of sp³-hybridized carbons (Fsp3) is 0.150. The fourth-order valence-corrected chi connectivity index (χ4v) is 4.92. The van der Waals surface area contributed by atoms with Crippen LogP contribution in [0.25, 0.3) is 21.6 Å². The molecule has 3 heterocycles. The van der Waals surface area contributed by atoms with Gasteiger partial charge in [0, 0.05) is 10.3 Å². The van der Waals surface area contributed by atoms with Gasteiger partial charge in [-0.2, -0.15) is 0 Å². The summed E-state index contributed by atoms with van der Waals surface area (Å²) in [7, 11) is 0. The summed E-state index contributed by atoms with van der Waals surface area (Å²) in [5.74, 6) is 1.03. The van der Waals surface area contributed by atoms with Crippen LogP contribution in [0.4, 0.5) is 0 Å². The van der Waals surface area contributed by atoms with E-state index < -0.39 is 0 Å². The molecule has 136 valence electrons. The SMILES string of the molecule is C[C@@H](NC(=O)CSc1nc(-c2cccs2)nc2ccccc12)c1cccs1. The van der Waals surface area contributed by atoms with Crippen LogP contribution >= 0.6 is 34.4 Å². The van der Waals surface area contributed by atoms with E-state index in [-0.39, 0.29) is 11.9 Å². The van der Waals surface area contributed by atoms with Crippen LogP contribution in [0.15, 0.2) is 64.3 Å². The van der Waals surface area contributed by atoms with Gasteiger partial charge in [0.1, 0.15) is 5.03 Å². The number of thioether (sulfide) groups is 1. The third kappa shape index (κ3) is 4.21. The lowest BCUT2D eigenvalue weighted by Gasteiger charge is -2.12. The van der Waals surface area contributed by atoms with Crippen molar-refractivity contribution in [2.45, 2.75) is 18.0 Å². The van der Waals surface area contributed by atoms with Crippen molar-refractivity contribution < 1.29 is 4.79 Å². The van der Waals surface area contributed by atoms with Gasteiger partial charge in [-0.15, -0.1) is 22.7 Å². The zero-order valence-corrected chi connectivity index (χ0v) is 17.0. The maximum Gasteiger partial charge on any atom is 0.230 e. The van der Waals surface area contributed by atoms with Crippen LogP contribution in [0.5, 0.6) is 0 Å². The standard InChI is InChI=1S/C20H17N3OS3/c1-13(16-8-4-10-25-16)21-18(24)12-27-20-14-6-2-3-7-15(14)22-19(23-20)17-9-5-11-26-17/h2-11,13H,12H2,1H3,(H,21,24)/t13-/m1/s1. The fourth-order valence-electron chi connectivity index (χ4n) is 2.70. The molecule has 4 rings (SSSR count). The van der Waals surface area contributed by atoms with Gasteiger partial charge in [0.15, 0.2) is 5.82 Å². The molecular weight excluding hydrogens is 394 g/mol. The van der Waals surface area contributed by atoms with E-state index in [0.717, 1.165) is 25.7 Å². The number of nitrogens with one attached hydrogen (secondary N) is 1. The highest BCUT2D eigenvalue weighted by Crippen LogP contribution is 2.30. The van der Waals surface area contributed by atoms with Gasteiger partial charge < -0.3 is 5.32 Å². The zero-order chi connectivity index (χ0) is 18.6. The lowest BCUT2D eigenvalue weighted by atomic mass is 10.2. The molecule has 1 N–H and O–H groups in total. The number of carbonyl (C=O) groups excluding carboxylic acids is 1. The summed E-state index contributed by atoms with van der Waals surface area (Å²) < 4.78 is 0. The molecule has 0 spiro atoms. The topological polar surface area (TPSA) is 54.9 Å². The van der Waals surface area contributed by atoms with Crippen LogP contribution in [0, 0.1) is 0 Å². The largest absolute Gasteiger partial charge is 0.348 e. The zero-order valence-electron chi connectivity index (χ0n) is 14.6. The van der Waals surface area contributed by atoms with Crippen LogP contribution in [0.1, 0.15) is 17.8 Å². The quantitative estimate of drug-likeness (QED) is 0.341. The highest BCUT2D eigenvalue weighted by molar-refractivity contribution is 8.00. The normalized spacial score (nSPS) is 12.2. The molecule has 0 unspecified atom stereocenters. The predicted octanol–water partition coefficient (Wildman–Crippen LogP) is 5.39. The lowest BCUT2D eigenvalue weighted by Crippen LogP contribution is -2.27. The van der Waals surface area contributed by atoms with Crippen LogP contribution in [-0.2, 0) is 4.79 Å². The Balaban J connectivity index is 1.53. The summed E-state index contributed by atoms with van der Waals surface area (Å²) in [4.78, 5) is 24.0. The van der Waals surface area contributed by atoms with Crippen molar-refractivity contribution in [3.63, 3.8) is 0 Å². The van der Waals surface area contributed by atoms with Crippen LogP contribution in [0.3, 0.4) is 0 Å². The second-order valence-corrected chi connectivity index (χ2v) is 8.83. The van der Waals surface area contributed by atoms with Gasteiger partial charge >= 0.3 is 0 Å². The number of para-hydroxylation sites is 1. The number of amides is 1. The molecule has 4 nitrogen and oxygen atoms in total. The monoisotopic (exact) mass is 411 g/mol. The second-order valence-electron chi connectivity index (χ2n) is 5.94. The Morgan fingerprint density at radius 2 is 1.89 bits per heavy atom. The number of benzene rings is 1. The molecule has 0 saturated heterocycles. The average Bonchev–Trinajstić information content (AvgIpc) is 3.39. The Hall–Kier alpha value is -2.22. The number of aromatic nitrogens is 2. The van der Waals surface area contributed by atoms with Gasteiger partial charge in [-0.25, -0.2) is 9.97 Å². The first-order chi connectivity index (χ1) is 13.2. The predicted molar refractivity (Wildman–Crippen MR) is 114 cm³/mol. The highest BCUT2D eigenvalue weighted by atomic mass is 32.2. The molecular formula is C20H17N3OS3. The summed E-state index contributed by atoms with van der Waals surface area (Å²) >= 11 is 4.71. The molecule has 0 fully saturated rings. The van der Waals surface area contributed by atoms with Crippen molar-refractivity contribution in [1.29, 1.82) is 0 Å². The van der Waals surface area contributed by atoms with E-state index in [0.29, 0.717) is 11.6 Å². The minimum Gasteiger partial charge on any atom is -0.348 e. The van der Waals surface area contributed by atoms with E-state index in [2.05, 4.69) is 10.3 Å².